The summed E-state index contributed by atoms with van der Waals surface area (Å²) in [4.78, 5) is 14.1. The van der Waals surface area contributed by atoms with Crippen molar-refractivity contribution in [2.45, 2.75) is 50.6 Å². The summed E-state index contributed by atoms with van der Waals surface area (Å²) >= 11 is 0. The predicted octanol–water partition coefficient (Wildman–Crippen LogP) is 0.697. The second kappa shape index (κ2) is 5.49. The lowest BCUT2D eigenvalue weighted by Crippen LogP contribution is -2.48. The molecule has 110 valence electrons. The van der Waals surface area contributed by atoms with Crippen molar-refractivity contribution in [2.24, 2.45) is 5.73 Å². The average Bonchev–Trinajstić information content (AvgIpc) is 3.14. The molecule has 1 saturated heterocycles. The maximum atomic E-state index is 12.0. The number of piperidine rings is 1. The third-order valence-corrected chi connectivity index (χ3v) is 4.01. The van der Waals surface area contributed by atoms with E-state index in [0.29, 0.717) is 24.4 Å². The van der Waals surface area contributed by atoms with Gasteiger partial charge in [0.05, 0.1) is 6.54 Å². The number of nitrogens with two attached hydrogens (primary N) is 1. The first kappa shape index (κ1) is 13.5. The van der Waals surface area contributed by atoms with Crippen molar-refractivity contribution in [1.29, 1.82) is 0 Å². The molecule has 20 heavy (non-hydrogen) atoms. The van der Waals surface area contributed by atoms with Crippen molar-refractivity contribution < 1.29 is 9.21 Å². The Labute approximate surface area is 117 Å². The smallest absolute Gasteiger partial charge is 0.322 e. The summed E-state index contributed by atoms with van der Waals surface area (Å²) in [6.45, 7) is 3.30. The first-order valence-corrected chi connectivity index (χ1v) is 7.24. The van der Waals surface area contributed by atoms with E-state index in [4.69, 9.17) is 10.2 Å². The SMILES string of the molecule is CC1CC(N)CCN1CC(=O)Nc1nnc(C2CC2)o1. The van der Waals surface area contributed by atoms with Gasteiger partial charge in [0.15, 0.2) is 0 Å². The molecule has 7 heteroatoms. The molecule has 2 heterocycles. The van der Waals surface area contributed by atoms with Crippen LogP contribution in [0.2, 0.25) is 0 Å². The molecule has 2 unspecified atom stereocenters. The van der Waals surface area contributed by atoms with Crippen LogP contribution < -0.4 is 11.1 Å². The molecule has 0 bridgehead atoms. The van der Waals surface area contributed by atoms with Gasteiger partial charge in [-0.1, -0.05) is 5.10 Å². The van der Waals surface area contributed by atoms with Crippen molar-refractivity contribution in [3.63, 3.8) is 0 Å². The number of anilines is 1. The zero-order valence-corrected chi connectivity index (χ0v) is 11.7. The van der Waals surface area contributed by atoms with Gasteiger partial charge in [-0.3, -0.25) is 15.0 Å². The summed E-state index contributed by atoms with van der Waals surface area (Å²) in [6.07, 6.45) is 4.06. The maximum Gasteiger partial charge on any atom is 0.322 e. The third-order valence-electron chi connectivity index (χ3n) is 4.01. The summed E-state index contributed by atoms with van der Waals surface area (Å²) < 4.78 is 5.42. The van der Waals surface area contributed by atoms with Gasteiger partial charge in [-0.25, -0.2) is 0 Å². The molecule has 0 spiro atoms. The number of amides is 1. The van der Waals surface area contributed by atoms with E-state index in [-0.39, 0.29) is 18.0 Å². The standard InChI is InChI=1S/C13H21N5O2/c1-8-6-10(14)4-5-18(8)7-11(19)15-13-17-16-12(20-13)9-2-3-9/h8-10H,2-7,14H2,1H3,(H,15,17,19). The molecule has 3 rings (SSSR count). The molecule has 2 fully saturated rings. The molecule has 1 amide bonds. The van der Waals surface area contributed by atoms with Gasteiger partial charge in [0.2, 0.25) is 11.8 Å². The minimum absolute atomic E-state index is 0.113. The van der Waals surface area contributed by atoms with Gasteiger partial charge < -0.3 is 10.2 Å². The molecule has 1 aromatic rings. The lowest BCUT2D eigenvalue weighted by Gasteiger charge is -2.35. The number of aromatic nitrogens is 2. The summed E-state index contributed by atoms with van der Waals surface area (Å²) in [7, 11) is 0. The lowest BCUT2D eigenvalue weighted by molar-refractivity contribution is -0.118. The molecule has 0 aromatic carbocycles. The van der Waals surface area contributed by atoms with Gasteiger partial charge in [0.25, 0.3) is 0 Å². The number of carbonyl (C=O) groups is 1. The first-order valence-electron chi connectivity index (χ1n) is 7.24. The molecule has 0 radical (unpaired) electrons. The summed E-state index contributed by atoms with van der Waals surface area (Å²) in [5.74, 6) is 0.924. The van der Waals surface area contributed by atoms with Crippen molar-refractivity contribution >= 4 is 11.9 Å². The number of nitrogens with zero attached hydrogens (tertiary/aromatic N) is 3. The fraction of sp³-hybridized carbons (Fsp3) is 0.769. The normalized spacial score (nSPS) is 27.5. The Morgan fingerprint density at radius 1 is 1.45 bits per heavy atom. The number of hydrogen-bond acceptors (Lipinski definition) is 6. The Morgan fingerprint density at radius 2 is 2.25 bits per heavy atom. The number of carbonyl (C=O) groups excluding carboxylic acids is 1. The topological polar surface area (TPSA) is 97.3 Å². The highest BCUT2D eigenvalue weighted by Crippen LogP contribution is 2.39. The van der Waals surface area contributed by atoms with E-state index in [1.807, 2.05) is 0 Å². The van der Waals surface area contributed by atoms with Crippen LogP contribution in [-0.2, 0) is 4.79 Å². The van der Waals surface area contributed by atoms with Crippen LogP contribution in [0.15, 0.2) is 4.42 Å². The molecule has 3 N–H and O–H groups in total. The van der Waals surface area contributed by atoms with Crippen LogP contribution in [-0.4, -0.2) is 46.2 Å². The monoisotopic (exact) mass is 279 g/mol. The van der Waals surface area contributed by atoms with Gasteiger partial charge in [0, 0.05) is 24.5 Å². The van der Waals surface area contributed by atoms with Crippen molar-refractivity contribution in [2.75, 3.05) is 18.4 Å². The van der Waals surface area contributed by atoms with Crippen molar-refractivity contribution in [3.05, 3.63) is 5.89 Å². The largest absolute Gasteiger partial charge is 0.408 e. The molecule has 1 aliphatic heterocycles. The van der Waals surface area contributed by atoms with Crippen LogP contribution >= 0.6 is 0 Å². The fourth-order valence-electron chi connectivity index (χ4n) is 2.62. The molecule has 7 nitrogen and oxygen atoms in total. The molecule has 2 atom stereocenters. The minimum Gasteiger partial charge on any atom is -0.408 e. The third kappa shape index (κ3) is 3.16. The molecular weight excluding hydrogens is 258 g/mol. The lowest BCUT2D eigenvalue weighted by atomic mass is 9.99. The zero-order valence-electron chi connectivity index (χ0n) is 11.7. The summed E-state index contributed by atoms with van der Waals surface area (Å²) in [5.41, 5.74) is 5.92. The van der Waals surface area contributed by atoms with E-state index in [2.05, 4.69) is 27.3 Å². The van der Waals surface area contributed by atoms with Crippen molar-refractivity contribution in [1.82, 2.24) is 15.1 Å². The first-order chi connectivity index (χ1) is 9.61. The molecule has 2 aliphatic rings. The van der Waals surface area contributed by atoms with E-state index in [1.54, 1.807) is 0 Å². The number of likely N-dealkylation sites (tertiary alicyclic amines) is 1. The van der Waals surface area contributed by atoms with Crippen molar-refractivity contribution in [3.8, 4) is 0 Å². The average molecular weight is 279 g/mol. The Morgan fingerprint density at radius 3 is 2.95 bits per heavy atom. The van der Waals surface area contributed by atoms with E-state index in [1.165, 1.54) is 0 Å². The second-order valence-corrected chi connectivity index (χ2v) is 5.87. The van der Waals surface area contributed by atoms with Gasteiger partial charge in [0.1, 0.15) is 0 Å². The Kier molecular flexibility index (Phi) is 3.71. The van der Waals surface area contributed by atoms with Gasteiger partial charge in [-0.2, -0.15) is 0 Å². The predicted molar refractivity (Wildman–Crippen MR) is 73.1 cm³/mol. The summed E-state index contributed by atoms with van der Waals surface area (Å²) in [5, 5.41) is 10.5. The minimum atomic E-state index is -0.113. The Hall–Kier alpha value is -1.47. The number of hydrogen-bond donors (Lipinski definition) is 2. The van der Waals surface area contributed by atoms with E-state index in [0.717, 1.165) is 32.2 Å². The van der Waals surface area contributed by atoms with E-state index in [9.17, 15) is 4.79 Å². The molecule has 1 saturated carbocycles. The molecular formula is C13H21N5O2. The van der Waals surface area contributed by atoms with Gasteiger partial charge >= 0.3 is 6.01 Å². The fourth-order valence-corrected chi connectivity index (χ4v) is 2.62. The van der Waals surface area contributed by atoms with Crippen LogP contribution in [0, 0.1) is 0 Å². The Bertz CT molecular complexity index is 485. The second-order valence-electron chi connectivity index (χ2n) is 5.87. The highest BCUT2D eigenvalue weighted by Gasteiger charge is 2.30. The molecule has 1 aliphatic carbocycles. The van der Waals surface area contributed by atoms with E-state index < -0.39 is 0 Å². The van der Waals surface area contributed by atoms with Crippen LogP contribution in [0.4, 0.5) is 6.01 Å². The quantitative estimate of drug-likeness (QED) is 0.842. The number of nitrogens with one attached hydrogen (secondary N) is 1. The maximum absolute atomic E-state index is 12.0. The number of rotatable bonds is 4. The van der Waals surface area contributed by atoms with Crippen LogP contribution in [0.5, 0.6) is 0 Å². The highest BCUT2D eigenvalue weighted by atomic mass is 16.4. The molecule has 1 aromatic heterocycles. The van der Waals surface area contributed by atoms with Crippen LogP contribution in [0.1, 0.15) is 44.4 Å². The Balaban J connectivity index is 1.51. The zero-order chi connectivity index (χ0) is 14.1. The van der Waals surface area contributed by atoms with E-state index >= 15 is 0 Å². The van der Waals surface area contributed by atoms with Gasteiger partial charge in [-0.15, -0.1) is 5.10 Å². The van der Waals surface area contributed by atoms with Crippen LogP contribution in [0.25, 0.3) is 0 Å². The van der Waals surface area contributed by atoms with Gasteiger partial charge in [-0.05, 0) is 32.6 Å². The van der Waals surface area contributed by atoms with Crippen LogP contribution in [0.3, 0.4) is 0 Å². The highest BCUT2D eigenvalue weighted by molar-refractivity contribution is 5.90. The summed E-state index contributed by atoms with van der Waals surface area (Å²) in [6, 6.07) is 0.786.